The number of carbonyl (C=O) groups is 2. The van der Waals surface area contributed by atoms with Crippen molar-refractivity contribution in [3.8, 4) is 11.5 Å². The van der Waals surface area contributed by atoms with Gasteiger partial charge in [-0.1, -0.05) is 11.6 Å². The second-order valence-corrected chi connectivity index (χ2v) is 6.17. The smallest absolute Gasteiger partial charge is 0.251 e. The number of halogens is 1. The molecule has 0 saturated heterocycles. The van der Waals surface area contributed by atoms with E-state index in [1.807, 2.05) is 6.92 Å². The van der Waals surface area contributed by atoms with Gasteiger partial charge in [0, 0.05) is 17.8 Å². The molecule has 2 N–H and O–H groups in total. The fourth-order valence-corrected chi connectivity index (χ4v) is 2.91. The summed E-state index contributed by atoms with van der Waals surface area (Å²) in [6.07, 6.45) is 0.147. The molecule has 6 nitrogen and oxygen atoms in total. The Kier molecular flexibility index (Phi) is 5.63. The number of hydrogen-bond acceptors (Lipinski definition) is 4. The van der Waals surface area contributed by atoms with Crippen molar-refractivity contribution in [1.82, 2.24) is 5.32 Å². The van der Waals surface area contributed by atoms with Gasteiger partial charge in [0.15, 0.2) is 11.5 Å². The van der Waals surface area contributed by atoms with Crippen LogP contribution in [0.15, 0.2) is 36.4 Å². The molecular formula is C19H19ClN2O4. The van der Waals surface area contributed by atoms with Gasteiger partial charge >= 0.3 is 0 Å². The summed E-state index contributed by atoms with van der Waals surface area (Å²) in [5.74, 6) is 0.737. The number of ether oxygens (including phenoxy) is 2. The molecule has 0 radical (unpaired) electrons. The van der Waals surface area contributed by atoms with E-state index in [1.165, 1.54) is 0 Å². The molecule has 7 heteroatoms. The first kappa shape index (κ1) is 18.1. The second kappa shape index (κ2) is 8.10. The fraction of sp³-hybridized carbons (Fsp3) is 0.263. The molecule has 1 heterocycles. The maximum absolute atomic E-state index is 12.3. The van der Waals surface area contributed by atoms with Crippen LogP contribution < -0.4 is 20.1 Å². The lowest BCUT2D eigenvalue weighted by molar-refractivity contribution is -0.115. The van der Waals surface area contributed by atoms with Crippen LogP contribution in [0.2, 0.25) is 5.02 Å². The third kappa shape index (κ3) is 4.26. The van der Waals surface area contributed by atoms with Gasteiger partial charge in [0.2, 0.25) is 5.91 Å². The van der Waals surface area contributed by atoms with Crippen molar-refractivity contribution in [3.05, 3.63) is 52.5 Å². The molecule has 26 heavy (non-hydrogen) atoms. The lowest BCUT2D eigenvalue weighted by Crippen LogP contribution is -2.22. The van der Waals surface area contributed by atoms with Gasteiger partial charge < -0.3 is 20.1 Å². The third-order valence-corrected chi connectivity index (χ3v) is 4.07. The van der Waals surface area contributed by atoms with Crippen LogP contribution >= 0.6 is 11.6 Å². The van der Waals surface area contributed by atoms with Gasteiger partial charge in [0.05, 0.1) is 11.4 Å². The highest BCUT2D eigenvalue weighted by Crippen LogP contribution is 2.38. The van der Waals surface area contributed by atoms with E-state index < -0.39 is 0 Å². The minimum absolute atomic E-state index is 0.142. The van der Waals surface area contributed by atoms with Gasteiger partial charge in [-0.05, 0) is 48.9 Å². The summed E-state index contributed by atoms with van der Waals surface area (Å²) in [7, 11) is 0. The van der Waals surface area contributed by atoms with Gasteiger partial charge in [-0.15, -0.1) is 0 Å². The summed E-state index contributed by atoms with van der Waals surface area (Å²) < 4.78 is 11.0. The average molecular weight is 375 g/mol. The topological polar surface area (TPSA) is 76.7 Å². The Hall–Kier alpha value is -2.73. The molecule has 0 aliphatic carbocycles. The van der Waals surface area contributed by atoms with Crippen LogP contribution in [0.4, 0.5) is 5.69 Å². The van der Waals surface area contributed by atoms with Gasteiger partial charge in [0.25, 0.3) is 5.91 Å². The Morgan fingerprint density at radius 1 is 1.12 bits per heavy atom. The van der Waals surface area contributed by atoms with Crippen LogP contribution in [0, 0.1) is 0 Å². The second-order valence-electron chi connectivity index (χ2n) is 5.76. The summed E-state index contributed by atoms with van der Waals surface area (Å²) in [4.78, 5) is 24.0. The number of nitrogens with one attached hydrogen (secondary N) is 2. The van der Waals surface area contributed by atoms with Gasteiger partial charge in [-0.2, -0.15) is 0 Å². The van der Waals surface area contributed by atoms with E-state index in [1.54, 1.807) is 36.4 Å². The van der Waals surface area contributed by atoms with E-state index in [0.29, 0.717) is 47.5 Å². The summed E-state index contributed by atoms with van der Waals surface area (Å²) in [5.41, 5.74) is 1.89. The number of fused-ring (bicyclic) bond motifs is 1. The van der Waals surface area contributed by atoms with E-state index in [2.05, 4.69) is 10.6 Å². The first-order valence-electron chi connectivity index (χ1n) is 8.33. The van der Waals surface area contributed by atoms with Crippen molar-refractivity contribution < 1.29 is 19.1 Å². The highest BCUT2D eigenvalue weighted by atomic mass is 35.5. The van der Waals surface area contributed by atoms with Crippen LogP contribution in [-0.4, -0.2) is 31.6 Å². The van der Waals surface area contributed by atoms with Crippen molar-refractivity contribution in [2.75, 3.05) is 25.1 Å². The van der Waals surface area contributed by atoms with Crippen molar-refractivity contribution in [2.24, 2.45) is 0 Å². The van der Waals surface area contributed by atoms with E-state index >= 15 is 0 Å². The zero-order chi connectivity index (χ0) is 18.5. The van der Waals surface area contributed by atoms with Crippen molar-refractivity contribution in [1.29, 1.82) is 0 Å². The van der Waals surface area contributed by atoms with Crippen LogP contribution in [-0.2, 0) is 11.2 Å². The Morgan fingerprint density at radius 3 is 2.58 bits per heavy atom. The van der Waals surface area contributed by atoms with Crippen LogP contribution in [0.25, 0.3) is 0 Å². The summed E-state index contributed by atoms with van der Waals surface area (Å²) in [6, 6.07) is 10.2. The molecular weight excluding hydrogens is 356 g/mol. The Labute approximate surface area is 156 Å². The number of rotatable bonds is 5. The van der Waals surface area contributed by atoms with Gasteiger partial charge in [-0.3, -0.25) is 9.59 Å². The van der Waals surface area contributed by atoms with E-state index in [-0.39, 0.29) is 18.2 Å². The lowest BCUT2D eigenvalue weighted by atomic mass is 10.1. The minimum Gasteiger partial charge on any atom is -0.486 e. The SMILES string of the molecule is CCNC(=O)c1ccc(NC(=O)Cc2cc(Cl)c3c(c2)OCCO3)cc1. The molecule has 2 amide bonds. The van der Waals surface area contributed by atoms with Crippen molar-refractivity contribution >= 4 is 29.1 Å². The number of carbonyl (C=O) groups excluding carboxylic acids is 2. The predicted molar refractivity (Wildman–Crippen MR) is 99.2 cm³/mol. The molecule has 0 bridgehead atoms. The van der Waals surface area contributed by atoms with Crippen molar-refractivity contribution in [2.45, 2.75) is 13.3 Å². The zero-order valence-corrected chi connectivity index (χ0v) is 15.1. The summed E-state index contributed by atoms with van der Waals surface area (Å²) >= 11 is 6.19. The van der Waals surface area contributed by atoms with Crippen LogP contribution in [0.3, 0.4) is 0 Å². The normalized spacial score (nSPS) is 12.4. The van der Waals surface area contributed by atoms with E-state index in [4.69, 9.17) is 21.1 Å². The molecule has 136 valence electrons. The molecule has 1 aliphatic heterocycles. The first-order chi connectivity index (χ1) is 12.6. The summed E-state index contributed by atoms with van der Waals surface area (Å²) in [5, 5.41) is 5.95. The molecule has 0 unspecified atom stereocenters. The monoisotopic (exact) mass is 374 g/mol. The average Bonchev–Trinajstić information content (AvgIpc) is 2.62. The van der Waals surface area contributed by atoms with Gasteiger partial charge in [-0.25, -0.2) is 0 Å². The highest BCUT2D eigenvalue weighted by Gasteiger charge is 2.17. The molecule has 0 aromatic heterocycles. The maximum atomic E-state index is 12.3. The lowest BCUT2D eigenvalue weighted by Gasteiger charge is -2.20. The molecule has 2 aromatic rings. The number of hydrogen-bond donors (Lipinski definition) is 2. The third-order valence-electron chi connectivity index (χ3n) is 3.79. The zero-order valence-electron chi connectivity index (χ0n) is 14.3. The summed E-state index contributed by atoms with van der Waals surface area (Å²) in [6.45, 7) is 3.34. The Morgan fingerprint density at radius 2 is 1.85 bits per heavy atom. The fourth-order valence-electron chi connectivity index (χ4n) is 2.62. The first-order valence-corrected chi connectivity index (χ1v) is 8.70. The predicted octanol–water partition coefficient (Wildman–Crippen LogP) is 3.04. The maximum Gasteiger partial charge on any atom is 0.251 e. The molecule has 0 atom stereocenters. The number of benzene rings is 2. The highest BCUT2D eigenvalue weighted by molar-refractivity contribution is 6.32. The van der Waals surface area contributed by atoms with Crippen LogP contribution in [0.5, 0.6) is 11.5 Å². The van der Waals surface area contributed by atoms with Crippen LogP contribution in [0.1, 0.15) is 22.8 Å². The molecule has 1 aliphatic rings. The minimum atomic E-state index is -0.191. The molecule has 0 fully saturated rings. The number of anilines is 1. The van der Waals surface area contributed by atoms with E-state index in [0.717, 1.165) is 5.56 Å². The Balaban J connectivity index is 1.64. The largest absolute Gasteiger partial charge is 0.486 e. The quantitative estimate of drug-likeness (QED) is 0.843. The standard InChI is InChI=1S/C19H19ClN2O4/c1-2-21-19(24)13-3-5-14(6-4-13)22-17(23)11-12-9-15(20)18-16(10-12)25-7-8-26-18/h3-6,9-10H,2,7-8,11H2,1H3,(H,21,24)(H,22,23). The van der Waals surface area contributed by atoms with Crippen molar-refractivity contribution in [3.63, 3.8) is 0 Å². The number of amides is 2. The molecule has 0 spiro atoms. The molecule has 0 saturated carbocycles. The van der Waals surface area contributed by atoms with E-state index in [9.17, 15) is 9.59 Å². The Bertz CT molecular complexity index is 821. The van der Waals surface area contributed by atoms with Gasteiger partial charge in [0.1, 0.15) is 13.2 Å². The molecule has 2 aromatic carbocycles. The molecule has 3 rings (SSSR count).